The Balaban J connectivity index is 0.664. The molecule has 500 valence electrons. The smallest absolute Gasteiger partial charge is 0.145 e. The van der Waals surface area contributed by atoms with E-state index in [1.165, 1.54) is 66.1 Å². The highest BCUT2D eigenvalue weighted by Crippen LogP contribution is 2.55. The third kappa shape index (κ3) is 8.94. The van der Waals surface area contributed by atoms with Crippen LogP contribution in [0.5, 0.6) is 0 Å². The van der Waals surface area contributed by atoms with E-state index in [0.29, 0.717) is 0 Å². The molecule has 0 spiro atoms. The molecule has 0 aliphatic heterocycles. The second kappa shape index (κ2) is 22.5. The number of furan rings is 2. The minimum Gasteiger partial charge on any atom is -0.456 e. The Kier molecular flexibility index (Phi) is 12.7. The topological polar surface area (TPSA) is 68.4 Å². The van der Waals surface area contributed by atoms with Crippen LogP contribution in [0.15, 0.2) is 336 Å². The number of imidazole rings is 2. The van der Waals surface area contributed by atoms with Crippen molar-refractivity contribution >= 4 is 132 Å². The third-order valence-electron chi connectivity index (χ3n) is 23.0. The monoisotopic (exact) mass is 1360 g/mol. The lowest BCUT2D eigenvalue weighted by atomic mass is 9.81. The van der Waals surface area contributed by atoms with E-state index in [0.717, 1.165) is 145 Å². The summed E-state index contributed by atoms with van der Waals surface area (Å²) in [6.07, 6.45) is 0. The zero-order chi connectivity index (χ0) is 70.3. The molecule has 2 aliphatic rings. The van der Waals surface area contributed by atoms with Crippen molar-refractivity contribution in [3.8, 4) is 56.4 Å². The second-order valence-electron chi connectivity index (χ2n) is 29.7. The summed E-state index contributed by atoms with van der Waals surface area (Å²) >= 11 is 0. The Bertz CT molecular complexity index is 6650. The van der Waals surface area contributed by atoms with Gasteiger partial charge in [0.2, 0.25) is 0 Å². The van der Waals surface area contributed by atoms with Crippen molar-refractivity contribution < 1.29 is 8.83 Å². The summed E-state index contributed by atoms with van der Waals surface area (Å²) in [5.74, 6) is 1.77. The number of aromatic nitrogens is 4. The molecule has 0 amide bonds. The number of hydrogen-bond acceptors (Lipinski definition) is 6. The van der Waals surface area contributed by atoms with Gasteiger partial charge >= 0.3 is 0 Å². The van der Waals surface area contributed by atoms with Crippen LogP contribution in [0.4, 0.5) is 34.1 Å². The van der Waals surface area contributed by atoms with Gasteiger partial charge in [0.25, 0.3) is 0 Å². The van der Waals surface area contributed by atoms with Crippen molar-refractivity contribution in [3.63, 3.8) is 0 Å². The summed E-state index contributed by atoms with van der Waals surface area (Å²) in [6, 6.07) is 119. The summed E-state index contributed by atoms with van der Waals surface area (Å²) in [7, 11) is 0. The largest absolute Gasteiger partial charge is 0.456 e. The Hall–Kier alpha value is -13.6. The third-order valence-corrected chi connectivity index (χ3v) is 23.0. The Morgan fingerprint density at radius 3 is 1.04 bits per heavy atom. The van der Waals surface area contributed by atoms with E-state index in [2.05, 4.69) is 374 Å². The fraction of sp³-hybridized carbons (Fsp3) is 0.0612. The van der Waals surface area contributed by atoms with Crippen LogP contribution in [0.1, 0.15) is 49.9 Å². The van der Waals surface area contributed by atoms with E-state index in [1.807, 2.05) is 0 Å². The molecule has 8 nitrogen and oxygen atoms in total. The predicted octanol–water partition coefficient (Wildman–Crippen LogP) is 26.5. The highest BCUT2D eigenvalue weighted by atomic mass is 16.3. The van der Waals surface area contributed by atoms with Gasteiger partial charge in [-0.3, -0.25) is 9.13 Å². The van der Waals surface area contributed by atoms with Gasteiger partial charge in [0.1, 0.15) is 34.0 Å². The number of para-hydroxylation sites is 6. The van der Waals surface area contributed by atoms with Gasteiger partial charge in [0, 0.05) is 101 Å². The normalized spacial score (nSPS) is 13.4. The molecule has 0 saturated heterocycles. The molecule has 0 fully saturated rings. The molecular formula is C98H66N6O2. The highest BCUT2D eigenvalue weighted by molar-refractivity contribution is 6.28. The number of nitrogens with zero attached hydrogens (tertiary/aromatic N) is 6. The molecule has 8 heteroatoms. The van der Waals surface area contributed by atoms with E-state index < -0.39 is 0 Å². The van der Waals surface area contributed by atoms with Crippen molar-refractivity contribution in [2.45, 2.75) is 38.5 Å². The molecule has 0 unspecified atom stereocenters. The number of anilines is 6. The Labute approximate surface area is 611 Å². The van der Waals surface area contributed by atoms with Crippen LogP contribution >= 0.6 is 0 Å². The van der Waals surface area contributed by atoms with E-state index >= 15 is 0 Å². The first-order valence-corrected chi connectivity index (χ1v) is 36.5. The first-order valence-electron chi connectivity index (χ1n) is 36.5. The molecule has 0 atom stereocenters. The molecule has 0 N–H and O–H groups in total. The van der Waals surface area contributed by atoms with Gasteiger partial charge in [-0.2, -0.15) is 0 Å². The van der Waals surface area contributed by atoms with Crippen LogP contribution in [-0.4, -0.2) is 19.1 Å². The molecule has 4 heterocycles. The summed E-state index contributed by atoms with van der Waals surface area (Å²) in [5.41, 5.74) is 27.4. The van der Waals surface area contributed by atoms with Gasteiger partial charge in [-0.1, -0.05) is 149 Å². The average molecular weight is 1360 g/mol. The number of hydrogen-bond donors (Lipinski definition) is 0. The minimum atomic E-state index is -0.250. The van der Waals surface area contributed by atoms with E-state index in [1.54, 1.807) is 0 Å². The van der Waals surface area contributed by atoms with Crippen LogP contribution in [0.3, 0.4) is 0 Å². The summed E-state index contributed by atoms with van der Waals surface area (Å²) in [6.45, 7) is 9.48. The van der Waals surface area contributed by atoms with E-state index in [4.69, 9.17) is 18.8 Å². The van der Waals surface area contributed by atoms with Crippen LogP contribution in [0.25, 0.3) is 155 Å². The van der Waals surface area contributed by atoms with E-state index in [9.17, 15) is 0 Å². The van der Waals surface area contributed by atoms with Gasteiger partial charge in [-0.15, -0.1) is 0 Å². The quantitative estimate of drug-likeness (QED) is 0.136. The molecule has 20 aromatic rings. The Morgan fingerprint density at radius 2 is 0.613 bits per heavy atom. The van der Waals surface area contributed by atoms with Crippen LogP contribution in [0, 0.1) is 0 Å². The molecule has 16 aromatic carbocycles. The summed E-state index contributed by atoms with van der Waals surface area (Å²) in [5, 5.41) is 11.4. The molecule has 4 aromatic heterocycles. The van der Waals surface area contributed by atoms with Gasteiger partial charge in [-0.05, 0) is 271 Å². The lowest BCUT2D eigenvalue weighted by Gasteiger charge is -2.28. The van der Waals surface area contributed by atoms with Gasteiger partial charge < -0.3 is 18.6 Å². The molecule has 0 radical (unpaired) electrons. The van der Waals surface area contributed by atoms with Crippen molar-refractivity contribution in [1.82, 2.24) is 19.1 Å². The highest BCUT2D eigenvalue weighted by Gasteiger charge is 2.39. The van der Waals surface area contributed by atoms with Crippen molar-refractivity contribution in [2.24, 2.45) is 0 Å². The fourth-order valence-electron chi connectivity index (χ4n) is 17.8. The van der Waals surface area contributed by atoms with Crippen molar-refractivity contribution in [2.75, 3.05) is 9.80 Å². The van der Waals surface area contributed by atoms with E-state index in [-0.39, 0.29) is 10.8 Å². The Morgan fingerprint density at radius 1 is 0.274 bits per heavy atom. The zero-order valence-electron chi connectivity index (χ0n) is 58.7. The first-order chi connectivity index (χ1) is 52.0. The number of fused-ring (bicyclic) bond motifs is 19. The lowest BCUT2D eigenvalue weighted by molar-refractivity contribution is 0.661. The molecule has 106 heavy (non-hydrogen) atoms. The molecule has 22 rings (SSSR count). The summed E-state index contributed by atoms with van der Waals surface area (Å²) in [4.78, 5) is 15.3. The van der Waals surface area contributed by atoms with Crippen LogP contribution in [-0.2, 0) is 10.8 Å². The average Bonchev–Trinajstić information content (AvgIpc) is 1.57. The van der Waals surface area contributed by atoms with Gasteiger partial charge in [0.05, 0.1) is 22.1 Å². The van der Waals surface area contributed by atoms with Gasteiger partial charge in [-0.25, -0.2) is 9.97 Å². The summed E-state index contributed by atoms with van der Waals surface area (Å²) < 4.78 is 18.6. The SMILES string of the molecule is CC1(C)c2cc(N(c3ccc(-c4nc5ccccc5n4-c4ccccc4)cc3)c3ccc4c(c3)oc3ccc5c(ccc6oc7cc(N(c8ccc(-c9nc%10ccccc%10n9-c9ccccc9)cc8)c8ccc9c(c8)C(C)(C)c8cc%10ccccc%10cc8-9)ccc7c65)c34)ccc2-c2cc3ccccc3cc21. The maximum absolute atomic E-state index is 7.06. The lowest BCUT2D eigenvalue weighted by Crippen LogP contribution is -2.16. The molecular weight excluding hydrogens is 1290 g/mol. The molecule has 0 saturated carbocycles. The van der Waals surface area contributed by atoms with Crippen molar-refractivity contribution in [1.29, 1.82) is 0 Å². The second-order valence-corrected chi connectivity index (χ2v) is 29.7. The maximum Gasteiger partial charge on any atom is 0.145 e. The molecule has 0 bridgehead atoms. The fourth-order valence-corrected chi connectivity index (χ4v) is 17.8. The van der Waals surface area contributed by atoms with Crippen molar-refractivity contribution in [3.05, 3.63) is 350 Å². The number of benzene rings is 16. The first kappa shape index (κ1) is 60.1. The van der Waals surface area contributed by atoms with Crippen LogP contribution < -0.4 is 9.80 Å². The van der Waals surface area contributed by atoms with Gasteiger partial charge in [0.15, 0.2) is 0 Å². The zero-order valence-corrected chi connectivity index (χ0v) is 58.7. The minimum absolute atomic E-state index is 0.250. The van der Waals surface area contributed by atoms with Crippen LogP contribution in [0.2, 0.25) is 0 Å². The molecule has 2 aliphatic carbocycles. The predicted molar refractivity (Wildman–Crippen MR) is 438 cm³/mol. The number of rotatable bonds is 10. The maximum atomic E-state index is 7.06. The standard InChI is InChI=1S/C98H66N6O2/c1-97(2)81-53-63-21-13-11-19-61(63)51-79(81)73-43-39-69(55-83(73)97)101(67-35-31-59(32-36-67)95-99-85-27-15-17-29-87(85)103(95)65-23-7-5-8-24-65)71-41-45-77-91(57-71)105-89-49-47-76-75(93(77)89)48-50-90-94(76)78-46-42-72(58-92(78)106-90)102(70-40-44-74-80-52-62-20-12-14-22-64(62)54-82(80)98(3,4)84(74)56-70)68-37-33-60(34-38-68)96-100-86-28-16-18-30-88(86)104(96)66-25-9-6-10-26-66/h5-58H,1-4H3.